The van der Waals surface area contributed by atoms with Crippen molar-refractivity contribution in [2.45, 2.75) is 25.7 Å². The van der Waals surface area contributed by atoms with E-state index in [-0.39, 0.29) is 19.5 Å². The normalized spacial score (nSPS) is 18.1. The van der Waals surface area contributed by atoms with Crippen molar-refractivity contribution in [1.29, 1.82) is 0 Å². The fourth-order valence-electron chi connectivity index (χ4n) is 1.80. The molecule has 2 rings (SSSR count). The van der Waals surface area contributed by atoms with E-state index in [2.05, 4.69) is 0 Å². The molecule has 0 aromatic rings. The van der Waals surface area contributed by atoms with Crippen LogP contribution in [0.1, 0.15) is 25.7 Å². The van der Waals surface area contributed by atoms with E-state index in [0.29, 0.717) is 26.2 Å². The second-order valence-corrected chi connectivity index (χ2v) is 3.92. The quantitative estimate of drug-likeness (QED) is 0.528. The van der Waals surface area contributed by atoms with Crippen LogP contribution in [0, 0.1) is 0 Å². The molecule has 0 spiro atoms. The first-order chi connectivity index (χ1) is 7.61. The summed E-state index contributed by atoms with van der Waals surface area (Å²) < 4.78 is 0. The van der Waals surface area contributed by atoms with Crippen LogP contribution in [-0.2, 0) is 19.5 Å². The Morgan fingerprint density at radius 2 is 0.941 bits per heavy atom. The van der Waals surface area contributed by atoms with E-state index in [1.165, 1.54) is 9.80 Å². The van der Waals surface area contributed by atoms with Crippen LogP contribution in [0.4, 0.5) is 9.59 Å². The molecular formula is C10H16N2O4Zn. The molecular weight excluding hydrogens is 278 g/mol. The van der Waals surface area contributed by atoms with Crippen LogP contribution in [-0.4, -0.2) is 48.2 Å². The Morgan fingerprint density at radius 1 is 0.706 bits per heavy atom. The van der Waals surface area contributed by atoms with Crippen LogP contribution >= 0.6 is 0 Å². The molecule has 0 aliphatic carbocycles. The first-order valence-corrected chi connectivity index (χ1v) is 5.53. The summed E-state index contributed by atoms with van der Waals surface area (Å²) in [5.74, 6) is 0. The summed E-state index contributed by atoms with van der Waals surface area (Å²) in [5.41, 5.74) is 0. The third-order valence-corrected chi connectivity index (χ3v) is 2.73. The maximum absolute atomic E-state index is 10.0. The molecule has 2 heterocycles. The number of hydrogen-bond acceptors (Lipinski definition) is 4. The van der Waals surface area contributed by atoms with E-state index in [4.69, 9.17) is 0 Å². The Morgan fingerprint density at radius 3 is 1.06 bits per heavy atom. The minimum atomic E-state index is -1.03. The maximum Gasteiger partial charge on any atom is 2.00 e. The van der Waals surface area contributed by atoms with Gasteiger partial charge in [-0.3, -0.25) is 0 Å². The molecule has 2 aliphatic heterocycles. The molecule has 0 N–H and O–H groups in total. The third-order valence-electron chi connectivity index (χ3n) is 2.73. The number of rotatable bonds is 0. The molecule has 0 aromatic carbocycles. The van der Waals surface area contributed by atoms with Gasteiger partial charge in [-0.05, 0) is 25.7 Å². The van der Waals surface area contributed by atoms with Gasteiger partial charge in [-0.25, -0.2) is 0 Å². The summed E-state index contributed by atoms with van der Waals surface area (Å²) in [6, 6.07) is 0. The van der Waals surface area contributed by atoms with Crippen LogP contribution in [0.2, 0.25) is 0 Å². The van der Waals surface area contributed by atoms with Gasteiger partial charge in [0.2, 0.25) is 0 Å². The molecule has 7 heteroatoms. The van der Waals surface area contributed by atoms with Crippen molar-refractivity contribution in [3.8, 4) is 0 Å². The van der Waals surface area contributed by atoms with Crippen molar-refractivity contribution in [1.82, 2.24) is 9.80 Å². The Hall–Kier alpha value is -0.837. The Balaban J connectivity index is 0.000000284. The van der Waals surface area contributed by atoms with Crippen molar-refractivity contribution in [3.63, 3.8) is 0 Å². The number of likely N-dealkylation sites (tertiary alicyclic amines) is 2. The van der Waals surface area contributed by atoms with Crippen molar-refractivity contribution < 1.29 is 39.3 Å². The number of hydrogen-bond donors (Lipinski definition) is 0. The average molecular weight is 294 g/mol. The Labute approximate surface area is 113 Å². The Bertz CT molecular complexity index is 225. The molecule has 17 heavy (non-hydrogen) atoms. The molecule has 0 unspecified atom stereocenters. The molecule has 92 valence electrons. The Kier molecular flexibility index (Phi) is 7.88. The van der Waals surface area contributed by atoms with Crippen molar-refractivity contribution in [3.05, 3.63) is 0 Å². The zero-order chi connectivity index (χ0) is 12.0. The molecule has 2 fully saturated rings. The van der Waals surface area contributed by atoms with E-state index in [1.54, 1.807) is 0 Å². The number of amides is 2. The van der Waals surface area contributed by atoms with Gasteiger partial charge < -0.3 is 29.6 Å². The third kappa shape index (κ3) is 5.87. The minimum absolute atomic E-state index is 0. The van der Waals surface area contributed by atoms with E-state index < -0.39 is 12.2 Å². The molecule has 0 radical (unpaired) electrons. The van der Waals surface area contributed by atoms with E-state index in [1.807, 2.05) is 0 Å². The maximum atomic E-state index is 10.0. The van der Waals surface area contributed by atoms with Crippen LogP contribution in [0.5, 0.6) is 0 Å². The summed E-state index contributed by atoms with van der Waals surface area (Å²) >= 11 is 0. The summed E-state index contributed by atoms with van der Waals surface area (Å²) in [6.45, 7) is 2.68. The predicted molar refractivity (Wildman–Crippen MR) is 52.4 cm³/mol. The van der Waals surface area contributed by atoms with E-state index >= 15 is 0 Å². The zero-order valence-electron chi connectivity index (χ0n) is 9.89. The summed E-state index contributed by atoms with van der Waals surface area (Å²) in [5, 5.41) is 20.0. The monoisotopic (exact) mass is 292 g/mol. The fraction of sp³-hybridized carbons (Fsp3) is 0.800. The van der Waals surface area contributed by atoms with Crippen LogP contribution in [0.25, 0.3) is 0 Å². The molecule has 0 bridgehead atoms. The van der Waals surface area contributed by atoms with Gasteiger partial charge in [0, 0.05) is 26.2 Å². The number of carboxylic acid groups (broad SMARTS) is 2. The van der Waals surface area contributed by atoms with Crippen LogP contribution in [0.3, 0.4) is 0 Å². The summed E-state index contributed by atoms with van der Waals surface area (Å²) in [7, 11) is 0. The van der Waals surface area contributed by atoms with Gasteiger partial charge in [0.1, 0.15) is 12.2 Å². The number of carbonyl (C=O) groups is 2. The molecule has 6 nitrogen and oxygen atoms in total. The van der Waals surface area contributed by atoms with Gasteiger partial charge in [-0.1, -0.05) is 0 Å². The van der Waals surface area contributed by atoms with Crippen LogP contribution < -0.4 is 10.2 Å². The summed E-state index contributed by atoms with van der Waals surface area (Å²) in [6.07, 6.45) is 1.93. The average Bonchev–Trinajstić information content (AvgIpc) is 2.93. The number of carbonyl (C=O) groups excluding carboxylic acids is 2. The van der Waals surface area contributed by atoms with Crippen LogP contribution in [0.15, 0.2) is 0 Å². The van der Waals surface area contributed by atoms with Crippen molar-refractivity contribution in [2.75, 3.05) is 26.2 Å². The number of nitrogens with zero attached hydrogens (tertiary/aromatic N) is 2. The minimum Gasteiger partial charge on any atom is -0.530 e. The molecule has 2 aliphatic rings. The second kappa shape index (κ2) is 8.28. The van der Waals surface area contributed by atoms with Crippen molar-refractivity contribution in [2.24, 2.45) is 0 Å². The standard InChI is InChI=1S/2C5H9NO2.Zn/c2*7-5(8)6-3-1-2-4-6;/h2*1-4H2,(H,7,8);/q;;+2/p-2. The first-order valence-electron chi connectivity index (χ1n) is 5.53. The largest absolute Gasteiger partial charge is 2.00 e. The van der Waals surface area contributed by atoms with Gasteiger partial charge in [0.05, 0.1) is 0 Å². The smallest absolute Gasteiger partial charge is 0.530 e. The second-order valence-electron chi connectivity index (χ2n) is 3.92. The van der Waals surface area contributed by atoms with Gasteiger partial charge >= 0.3 is 19.5 Å². The predicted octanol–water partition coefficient (Wildman–Crippen LogP) is -1.15. The molecule has 0 aromatic heterocycles. The molecule has 0 saturated carbocycles. The first kappa shape index (κ1) is 16.2. The molecule has 0 atom stereocenters. The van der Waals surface area contributed by atoms with Crippen molar-refractivity contribution >= 4 is 12.2 Å². The molecule has 2 saturated heterocycles. The van der Waals surface area contributed by atoms with Gasteiger partial charge in [-0.2, -0.15) is 0 Å². The van der Waals surface area contributed by atoms with Gasteiger partial charge in [-0.15, -0.1) is 0 Å². The SMILES string of the molecule is O=C([O-])N1CCCC1.O=C([O-])N1CCCC1.[Zn+2]. The fourth-order valence-corrected chi connectivity index (χ4v) is 1.80. The van der Waals surface area contributed by atoms with E-state index in [9.17, 15) is 19.8 Å². The van der Waals surface area contributed by atoms with Gasteiger partial charge in [0.25, 0.3) is 0 Å². The van der Waals surface area contributed by atoms with Gasteiger partial charge in [0.15, 0.2) is 0 Å². The topological polar surface area (TPSA) is 86.7 Å². The summed E-state index contributed by atoms with van der Waals surface area (Å²) in [4.78, 5) is 22.7. The van der Waals surface area contributed by atoms with E-state index in [0.717, 1.165) is 25.7 Å². The molecule has 2 amide bonds. The zero-order valence-corrected chi connectivity index (χ0v) is 12.9.